The van der Waals surface area contributed by atoms with E-state index < -0.39 is 0 Å². The summed E-state index contributed by atoms with van der Waals surface area (Å²) in [6.45, 7) is 2.02. The van der Waals surface area contributed by atoms with E-state index in [4.69, 9.17) is 5.11 Å². The van der Waals surface area contributed by atoms with E-state index in [9.17, 15) is 0 Å². The molecular weight excluding hydrogens is 124 g/mol. The van der Waals surface area contributed by atoms with Crippen molar-refractivity contribution >= 4 is 0 Å². The summed E-state index contributed by atoms with van der Waals surface area (Å²) >= 11 is 0. The van der Waals surface area contributed by atoms with Gasteiger partial charge in [-0.15, -0.1) is 0 Å². The van der Waals surface area contributed by atoms with Crippen LogP contribution in [-0.4, -0.2) is 5.11 Å². The fourth-order valence-electron chi connectivity index (χ4n) is 0.868. The summed E-state index contributed by atoms with van der Waals surface area (Å²) in [5.41, 5.74) is 1.24. The van der Waals surface area contributed by atoms with Crippen molar-refractivity contribution in [2.45, 2.75) is 13.3 Å². The largest absolute Gasteiger partial charge is 0.508 e. The van der Waals surface area contributed by atoms with E-state index in [1.54, 1.807) is 12.1 Å². The highest BCUT2D eigenvalue weighted by atomic mass is 16.3. The lowest BCUT2D eigenvalue weighted by Gasteiger charge is -1.96. The number of benzene rings is 1. The third kappa shape index (κ3) is 1.76. The molecule has 0 bridgehead atoms. The van der Waals surface area contributed by atoms with Crippen molar-refractivity contribution in [1.82, 2.24) is 0 Å². The predicted octanol–water partition coefficient (Wildman–Crippen LogP) is 2.16. The molecule has 0 aromatic heterocycles. The molecule has 1 radical (unpaired) electrons. The summed E-state index contributed by atoms with van der Waals surface area (Å²) in [7, 11) is 0. The van der Waals surface area contributed by atoms with Crippen LogP contribution in [0.3, 0.4) is 0 Å². The minimum absolute atomic E-state index is 0.333. The van der Waals surface area contributed by atoms with E-state index in [1.807, 2.05) is 19.1 Å². The van der Waals surface area contributed by atoms with Gasteiger partial charge in [0.2, 0.25) is 0 Å². The molecule has 0 saturated heterocycles. The van der Waals surface area contributed by atoms with Gasteiger partial charge in [0, 0.05) is 0 Å². The second kappa shape index (κ2) is 3.25. The number of hydrogen-bond donors (Lipinski definition) is 1. The summed E-state index contributed by atoms with van der Waals surface area (Å²) in [6.07, 6.45) is 3.06. The number of aromatic hydroxyl groups is 1. The standard InChI is InChI=1S/C9H11O/c1-2-3-8-4-6-9(10)7-5-8/h2,4-7,10H,3H2,1H3. The first-order valence-corrected chi connectivity index (χ1v) is 3.38. The first kappa shape index (κ1) is 7.13. The monoisotopic (exact) mass is 135 g/mol. The highest BCUT2D eigenvalue weighted by Gasteiger charge is 1.89. The Hall–Kier alpha value is -0.980. The molecule has 0 spiro atoms. The summed E-state index contributed by atoms with van der Waals surface area (Å²) in [6, 6.07) is 7.27. The molecule has 0 unspecified atom stereocenters. The average molecular weight is 135 g/mol. The van der Waals surface area contributed by atoms with E-state index in [0.29, 0.717) is 5.75 Å². The molecule has 1 aromatic rings. The minimum Gasteiger partial charge on any atom is -0.508 e. The minimum atomic E-state index is 0.333. The lowest BCUT2D eigenvalue weighted by atomic mass is 10.1. The van der Waals surface area contributed by atoms with Gasteiger partial charge in [0.1, 0.15) is 5.75 Å². The molecule has 0 heterocycles. The van der Waals surface area contributed by atoms with Crippen LogP contribution in [0.25, 0.3) is 0 Å². The maximum Gasteiger partial charge on any atom is 0.115 e. The van der Waals surface area contributed by atoms with Crippen LogP contribution in [-0.2, 0) is 6.42 Å². The Morgan fingerprint density at radius 2 is 1.90 bits per heavy atom. The summed E-state index contributed by atoms with van der Waals surface area (Å²) in [5.74, 6) is 0.333. The normalized spacial score (nSPS) is 9.70. The van der Waals surface area contributed by atoms with Crippen molar-refractivity contribution in [3.63, 3.8) is 0 Å². The molecule has 0 atom stereocenters. The lowest BCUT2D eigenvalue weighted by molar-refractivity contribution is 0.475. The van der Waals surface area contributed by atoms with Crippen LogP contribution in [0.4, 0.5) is 0 Å². The van der Waals surface area contributed by atoms with E-state index >= 15 is 0 Å². The first-order chi connectivity index (χ1) is 4.83. The molecule has 0 aliphatic heterocycles. The zero-order valence-corrected chi connectivity index (χ0v) is 6.04. The molecule has 1 N–H and O–H groups in total. The Labute approximate surface area is 61.3 Å². The SMILES string of the molecule is C[CH]Cc1ccc(O)cc1. The molecule has 0 amide bonds. The Morgan fingerprint density at radius 3 is 2.40 bits per heavy atom. The van der Waals surface area contributed by atoms with Gasteiger partial charge in [-0.2, -0.15) is 0 Å². The van der Waals surface area contributed by atoms with Gasteiger partial charge in [0.05, 0.1) is 0 Å². The molecule has 1 rings (SSSR count). The third-order valence-electron chi connectivity index (χ3n) is 1.38. The van der Waals surface area contributed by atoms with Crippen molar-refractivity contribution in [3.8, 4) is 5.75 Å². The van der Waals surface area contributed by atoms with Crippen molar-refractivity contribution in [1.29, 1.82) is 0 Å². The van der Waals surface area contributed by atoms with Gasteiger partial charge in [-0.25, -0.2) is 0 Å². The topological polar surface area (TPSA) is 20.2 Å². The van der Waals surface area contributed by atoms with Gasteiger partial charge in [-0.3, -0.25) is 0 Å². The average Bonchev–Trinajstić information content (AvgIpc) is 1.95. The van der Waals surface area contributed by atoms with Gasteiger partial charge in [-0.05, 0) is 30.5 Å². The molecule has 0 aliphatic rings. The smallest absolute Gasteiger partial charge is 0.115 e. The van der Waals surface area contributed by atoms with E-state index in [1.165, 1.54) is 5.56 Å². The van der Waals surface area contributed by atoms with E-state index in [-0.39, 0.29) is 0 Å². The Kier molecular flexibility index (Phi) is 2.32. The van der Waals surface area contributed by atoms with Crippen LogP contribution in [0.5, 0.6) is 5.75 Å². The van der Waals surface area contributed by atoms with Crippen molar-refractivity contribution in [3.05, 3.63) is 36.2 Å². The highest BCUT2D eigenvalue weighted by Crippen LogP contribution is 2.10. The second-order valence-electron chi connectivity index (χ2n) is 2.28. The number of hydrogen-bond acceptors (Lipinski definition) is 1. The molecule has 1 heteroatoms. The maximum absolute atomic E-state index is 8.91. The van der Waals surface area contributed by atoms with Crippen LogP contribution in [0.2, 0.25) is 0 Å². The zero-order chi connectivity index (χ0) is 7.40. The Bertz CT molecular complexity index is 188. The third-order valence-corrected chi connectivity index (χ3v) is 1.38. The van der Waals surface area contributed by atoms with Crippen molar-refractivity contribution in [2.24, 2.45) is 0 Å². The number of phenols is 1. The van der Waals surface area contributed by atoms with Crippen LogP contribution in [0.1, 0.15) is 12.5 Å². The van der Waals surface area contributed by atoms with Gasteiger partial charge in [0.15, 0.2) is 0 Å². The van der Waals surface area contributed by atoms with Crippen LogP contribution < -0.4 is 0 Å². The van der Waals surface area contributed by atoms with E-state index in [0.717, 1.165) is 6.42 Å². The number of rotatable bonds is 2. The van der Waals surface area contributed by atoms with Crippen LogP contribution in [0, 0.1) is 6.42 Å². The van der Waals surface area contributed by atoms with Gasteiger partial charge >= 0.3 is 0 Å². The van der Waals surface area contributed by atoms with Gasteiger partial charge in [0.25, 0.3) is 0 Å². The molecule has 10 heavy (non-hydrogen) atoms. The lowest BCUT2D eigenvalue weighted by Crippen LogP contribution is -1.80. The molecule has 53 valence electrons. The van der Waals surface area contributed by atoms with Crippen LogP contribution in [0.15, 0.2) is 24.3 Å². The van der Waals surface area contributed by atoms with Crippen molar-refractivity contribution in [2.75, 3.05) is 0 Å². The van der Waals surface area contributed by atoms with Gasteiger partial charge < -0.3 is 5.11 Å². The molecule has 0 fully saturated rings. The van der Waals surface area contributed by atoms with Crippen LogP contribution >= 0.6 is 0 Å². The van der Waals surface area contributed by atoms with Crippen molar-refractivity contribution < 1.29 is 5.11 Å². The molecule has 1 aromatic carbocycles. The molecule has 0 aliphatic carbocycles. The summed E-state index contributed by atoms with van der Waals surface area (Å²) in [4.78, 5) is 0. The molecular formula is C9H11O. The molecule has 0 saturated carbocycles. The fourth-order valence-corrected chi connectivity index (χ4v) is 0.868. The zero-order valence-electron chi connectivity index (χ0n) is 6.04. The quantitative estimate of drug-likeness (QED) is 0.658. The Balaban J connectivity index is 2.69. The maximum atomic E-state index is 8.91. The Morgan fingerprint density at radius 1 is 1.30 bits per heavy atom. The summed E-state index contributed by atoms with van der Waals surface area (Å²) in [5, 5.41) is 8.91. The summed E-state index contributed by atoms with van der Waals surface area (Å²) < 4.78 is 0. The fraction of sp³-hybridized carbons (Fsp3) is 0.222. The predicted molar refractivity (Wildman–Crippen MR) is 41.8 cm³/mol. The first-order valence-electron chi connectivity index (χ1n) is 3.38. The highest BCUT2D eigenvalue weighted by molar-refractivity contribution is 5.26. The van der Waals surface area contributed by atoms with Gasteiger partial charge in [-0.1, -0.05) is 19.1 Å². The number of phenolic OH excluding ortho intramolecular Hbond substituents is 1. The second-order valence-corrected chi connectivity index (χ2v) is 2.28. The van der Waals surface area contributed by atoms with E-state index in [2.05, 4.69) is 6.42 Å². The molecule has 1 nitrogen and oxygen atoms in total.